The molecule has 0 saturated carbocycles. The van der Waals surface area contributed by atoms with Crippen molar-refractivity contribution in [3.8, 4) is 0 Å². The fraction of sp³-hybridized carbons (Fsp3) is 0.450. The van der Waals surface area contributed by atoms with Crippen LogP contribution in [-0.4, -0.2) is 35.7 Å². The van der Waals surface area contributed by atoms with E-state index in [9.17, 15) is 14.7 Å². The summed E-state index contributed by atoms with van der Waals surface area (Å²) in [6.45, 7) is 6.49. The Kier molecular flexibility index (Phi) is 6.98. The van der Waals surface area contributed by atoms with Gasteiger partial charge in [0.15, 0.2) is 0 Å². The number of likely N-dealkylation sites (N-methyl/N-ethyl adjacent to an activating group) is 1. The van der Waals surface area contributed by atoms with Gasteiger partial charge < -0.3 is 19.8 Å². The number of aryl methyl sites for hydroxylation is 2. The maximum absolute atomic E-state index is 12.2. The second kappa shape index (κ2) is 9.21. The molecular weight excluding hydrogens is 346 g/mol. The number of hydrogen-bond acceptors (Lipinski definition) is 5. The van der Waals surface area contributed by atoms with Crippen LogP contribution in [0, 0.1) is 13.8 Å². The molecule has 146 valence electrons. The summed E-state index contributed by atoms with van der Waals surface area (Å²) in [6, 6.07) is 4.78. The number of rotatable bonds is 9. The Morgan fingerprint density at radius 1 is 1.30 bits per heavy atom. The van der Waals surface area contributed by atoms with E-state index < -0.39 is 5.97 Å². The highest BCUT2D eigenvalue weighted by atomic mass is 16.5. The van der Waals surface area contributed by atoms with E-state index in [1.165, 1.54) is 6.07 Å². The van der Waals surface area contributed by atoms with Crippen LogP contribution >= 0.6 is 0 Å². The van der Waals surface area contributed by atoms with E-state index in [1.54, 1.807) is 12.1 Å². The highest BCUT2D eigenvalue weighted by Gasteiger charge is 2.15. The zero-order valence-electron chi connectivity index (χ0n) is 16.3. The Morgan fingerprint density at radius 3 is 2.63 bits per heavy atom. The van der Waals surface area contributed by atoms with Crippen LogP contribution in [0.3, 0.4) is 0 Å². The summed E-state index contributed by atoms with van der Waals surface area (Å²) in [4.78, 5) is 25.5. The predicted octanol–water partition coefficient (Wildman–Crippen LogP) is 3.80. The molecule has 7 nitrogen and oxygen atoms in total. The lowest BCUT2D eigenvalue weighted by molar-refractivity contribution is -0.116. The average Bonchev–Trinajstić information content (AvgIpc) is 2.95. The van der Waals surface area contributed by atoms with Crippen LogP contribution in [-0.2, 0) is 11.2 Å². The van der Waals surface area contributed by atoms with Crippen LogP contribution in [0.5, 0.6) is 0 Å². The Labute approximate surface area is 159 Å². The molecule has 2 rings (SSSR count). The van der Waals surface area contributed by atoms with E-state index in [2.05, 4.69) is 10.5 Å². The number of carbonyl (C=O) groups is 2. The summed E-state index contributed by atoms with van der Waals surface area (Å²) in [5.74, 6) is -0.334. The second-order valence-electron chi connectivity index (χ2n) is 6.66. The molecule has 0 aliphatic heterocycles. The highest BCUT2D eigenvalue weighted by molar-refractivity contribution is 5.97. The summed E-state index contributed by atoms with van der Waals surface area (Å²) in [5, 5.41) is 16.1. The third-order valence-electron chi connectivity index (χ3n) is 4.56. The Morgan fingerprint density at radius 2 is 2.04 bits per heavy atom. The first-order valence-corrected chi connectivity index (χ1v) is 9.13. The number of hydrogen-bond donors (Lipinski definition) is 2. The molecule has 0 fully saturated rings. The standard InChI is InChI=1S/C20H27N3O4/c1-5-6-7-19(24)21-17-12-15(20(25)26)8-9-18(17)23(4)11-10-16-13(2)22-27-14(16)3/h8-9,12H,5-7,10-11H2,1-4H3,(H,21,24)(H,25,26). The van der Waals surface area contributed by atoms with Crippen molar-refractivity contribution in [2.24, 2.45) is 0 Å². The number of nitrogens with one attached hydrogen (secondary N) is 1. The van der Waals surface area contributed by atoms with E-state index in [0.717, 1.165) is 42.0 Å². The monoisotopic (exact) mass is 373 g/mol. The van der Waals surface area contributed by atoms with Crippen molar-refractivity contribution in [1.29, 1.82) is 0 Å². The highest BCUT2D eigenvalue weighted by Crippen LogP contribution is 2.27. The molecule has 0 saturated heterocycles. The molecule has 1 aromatic heterocycles. The molecule has 0 atom stereocenters. The maximum atomic E-state index is 12.2. The lowest BCUT2D eigenvalue weighted by Gasteiger charge is -2.23. The van der Waals surface area contributed by atoms with Crippen LogP contribution in [0.15, 0.2) is 22.7 Å². The minimum atomic E-state index is -1.02. The van der Waals surface area contributed by atoms with Gasteiger partial charge in [0.2, 0.25) is 5.91 Å². The van der Waals surface area contributed by atoms with Gasteiger partial charge in [0.25, 0.3) is 0 Å². The Balaban J connectivity index is 2.19. The van der Waals surface area contributed by atoms with Gasteiger partial charge in [-0.15, -0.1) is 0 Å². The van der Waals surface area contributed by atoms with E-state index >= 15 is 0 Å². The summed E-state index contributed by atoms with van der Waals surface area (Å²) in [6.07, 6.45) is 2.87. The molecule has 27 heavy (non-hydrogen) atoms. The van der Waals surface area contributed by atoms with Gasteiger partial charge in [-0.1, -0.05) is 18.5 Å². The summed E-state index contributed by atoms with van der Waals surface area (Å²) >= 11 is 0. The van der Waals surface area contributed by atoms with E-state index in [1.807, 2.05) is 32.7 Å². The van der Waals surface area contributed by atoms with Crippen LogP contribution in [0.25, 0.3) is 0 Å². The molecule has 0 unspecified atom stereocenters. The van der Waals surface area contributed by atoms with Crippen molar-refractivity contribution < 1.29 is 19.2 Å². The molecule has 7 heteroatoms. The predicted molar refractivity (Wildman–Crippen MR) is 105 cm³/mol. The van der Waals surface area contributed by atoms with Crippen LogP contribution < -0.4 is 10.2 Å². The molecule has 0 bridgehead atoms. The van der Waals surface area contributed by atoms with Gasteiger partial charge in [0.1, 0.15) is 5.76 Å². The molecule has 0 spiro atoms. The summed E-state index contributed by atoms with van der Waals surface area (Å²) < 4.78 is 5.20. The van der Waals surface area contributed by atoms with Gasteiger partial charge in [-0.05, 0) is 44.9 Å². The maximum Gasteiger partial charge on any atom is 0.335 e. The van der Waals surface area contributed by atoms with E-state index in [-0.39, 0.29) is 11.5 Å². The number of aromatic carboxylic acids is 1. The first kappa shape index (κ1) is 20.5. The normalized spacial score (nSPS) is 10.7. The largest absolute Gasteiger partial charge is 0.478 e. The fourth-order valence-electron chi connectivity index (χ4n) is 2.91. The molecule has 1 amide bonds. The van der Waals surface area contributed by atoms with Crippen molar-refractivity contribution in [2.75, 3.05) is 23.8 Å². The van der Waals surface area contributed by atoms with Crippen molar-refractivity contribution in [2.45, 2.75) is 46.5 Å². The van der Waals surface area contributed by atoms with Crippen molar-refractivity contribution >= 4 is 23.3 Å². The van der Waals surface area contributed by atoms with Gasteiger partial charge in [-0.2, -0.15) is 0 Å². The van der Waals surface area contributed by atoms with Gasteiger partial charge in [-0.25, -0.2) is 4.79 Å². The molecule has 2 N–H and O–H groups in total. The fourth-order valence-corrected chi connectivity index (χ4v) is 2.91. The van der Waals surface area contributed by atoms with Crippen LogP contribution in [0.1, 0.15) is 53.6 Å². The third-order valence-corrected chi connectivity index (χ3v) is 4.56. The molecule has 0 aliphatic rings. The van der Waals surface area contributed by atoms with E-state index in [0.29, 0.717) is 18.7 Å². The third kappa shape index (κ3) is 5.32. The lowest BCUT2D eigenvalue weighted by Crippen LogP contribution is -2.23. The number of carbonyl (C=O) groups excluding carboxylic acids is 1. The quantitative estimate of drug-likeness (QED) is 0.694. The Bertz CT molecular complexity index is 794. The molecule has 1 heterocycles. The average molecular weight is 373 g/mol. The molecule has 1 aromatic carbocycles. The number of carboxylic acid groups (broad SMARTS) is 1. The lowest BCUT2D eigenvalue weighted by atomic mass is 10.1. The first-order valence-electron chi connectivity index (χ1n) is 9.13. The van der Waals surface area contributed by atoms with Crippen LogP contribution in [0.4, 0.5) is 11.4 Å². The Hall–Kier alpha value is -2.83. The van der Waals surface area contributed by atoms with Gasteiger partial charge in [0, 0.05) is 25.6 Å². The summed E-state index contributed by atoms with van der Waals surface area (Å²) in [5.41, 5.74) is 3.37. The second-order valence-corrected chi connectivity index (χ2v) is 6.66. The number of anilines is 2. The minimum Gasteiger partial charge on any atom is -0.478 e. The first-order chi connectivity index (χ1) is 12.8. The van der Waals surface area contributed by atoms with Gasteiger partial charge in [-0.3, -0.25) is 4.79 Å². The zero-order chi connectivity index (χ0) is 20.0. The molecule has 0 aliphatic carbocycles. The molecule has 2 aromatic rings. The van der Waals surface area contributed by atoms with Crippen LogP contribution in [0.2, 0.25) is 0 Å². The number of nitrogens with zero attached hydrogens (tertiary/aromatic N) is 2. The topological polar surface area (TPSA) is 95.7 Å². The van der Waals surface area contributed by atoms with Gasteiger partial charge >= 0.3 is 5.97 Å². The number of aromatic nitrogens is 1. The molecule has 0 radical (unpaired) electrons. The number of benzene rings is 1. The number of carboxylic acids is 1. The zero-order valence-corrected chi connectivity index (χ0v) is 16.3. The van der Waals surface area contributed by atoms with Crippen molar-refractivity contribution in [3.63, 3.8) is 0 Å². The SMILES string of the molecule is CCCCC(=O)Nc1cc(C(=O)O)ccc1N(C)CCc1c(C)noc1C. The molecular formula is C20H27N3O4. The number of amides is 1. The van der Waals surface area contributed by atoms with Crippen molar-refractivity contribution in [1.82, 2.24) is 5.16 Å². The number of unbranched alkanes of at least 4 members (excludes halogenated alkanes) is 1. The van der Waals surface area contributed by atoms with Crippen molar-refractivity contribution in [3.05, 3.63) is 40.8 Å². The van der Waals surface area contributed by atoms with Gasteiger partial charge in [0.05, 0.1) is 22.6 Å². The smallest absolute Gasteiger partial charge is 0.335 e. The summed E-state index contributed by atoms with van der Waals surface area (Å²) in [7, 11) is 1.91. The minimum absolute atomic E-state index is 0.111. The van der Waals surface area contributed by atoms with E-state index in [4.69, 9.17) is 4.52 Å².